The Hall–Kier alpha value is -4.17. The number of hydrogen-bond acceptors (Lipinski definition) is 4. The summed E-state index contributed by atoms with van der Waals surface area (Å²) in [5.74, 6) is -4.34. The minimum atomic E-state index is -1.42. The quantitative estimate of drug-likeness (QED) is 0.290. The fourth-order valence-corrected chi connectivity index (χ4v) is 5.99. The third-order valence-corrected chi connectivity index (χ3v) is 7.97. The molecule has 11 heteroatoms. The van der Waals surface area contributed by atoms with Crippen molar-refractivity contribution in [1.29, 1.82) is 5.26 Å². The fourth-order valence-electron chi connectivity index (χ4n) is 5.99. The second-order valence-electron chi connectivity index (χ2n) is 10.3. The number of nitrogens with zero attached hydrogens (tertiary/aromatic N) is 1. The third kappa shape index (κ3) is 4.95. The smallest absolute Gasteiger partial charge is 0.306 e. The molecule has 6 nitrogen and oxygen atoms in total. The molecule has 7 rings (SSSR count). The van der Waals surface area contributed by atoms with Crippen LogP contribution in [0.2, 0.25) is 0 Å². The monoisotopic (exact) mass is 556 g/mol. The molecule has 3 aliphatic carbocycles. The Balaban J connectivity index is 0.000000244. The van der Waals surface area contributed by atoms with E-state index >= 15 is 0 Å². The van der Waals surface area contributed by atoms with Gasteiger partial charge in [-0.25, -0.2) is 22.0 Å². The number of hydrogen-bond donors (Lipinski definition) is 4. The molecule has 3 saturated carbocycles. The molecule has 0 amide bonds. The Morgan fingerprint density at radius 3 is 2.30 bits per heavy atom. The van der Waals surface area contributed by atoms with E-state index in [1.807, 2.05) is 6.07 Å². The Labute approximate surface area is 226 Å². The number of aromatic nitrogens is 1. The highest BCUT2D eigenvalue weighted by Crippen LogP contribution is 2.45. The Morgan fingerprint density at radius 2 is 1.73 bits per heavy atom. The number of dihydropyridines is 1. The minimum Gasteiger partial charge on any atom is -0.481 e. The SMILES string of the molecule is N#CC1=C(c2c[nH]c3c(F)cc(F)cc23)NC(N)C(F)=C1c1ccc(F)c(F)c1.O=C(O)C1CC2CCC1CC2. The lowest BCUT2D eigenvalue weighted by Crippen LogP contribution is -2.40. The summed E-state index contributed by atoms with van der Waals surface area (Å²) in [7, 11) is 0. The summed E-state index contributed by atoms with van der Waals surface area (Å²) in [6, 6.07) is 6.20. The summed E-state index contributed by atoms with van der Waals surface area (Å²) in [5.41, 5.74) is 5.20. The lowest BCUT2D eigenvalue weighted by Gasteiger charge is -2.40. The highest BCUT2D eigenvalue weighted by Gasteiger charge is 2.39. The molecule has 2 bridgehead atoms. The van der Waals surface area contributed by atoms with E-state index in [1.54, 1.807) is 0 Å². The summed E-state index contributed by atoms with van der Waals surface area (Å²) < 4.78 is 69.6. The molecule has 3 aromatic rings. The van der Waals surface area contributed by atoms with Crippen molar-refractivity contribution in [3.05, 3.63) is 82.3 Å². The van der Waals surface area contributed by atoms with Crippen molar-refractivity contribution >= 4 is 28.1 Å². The number of nitrogens with two attached hydrogens (primary N) is 1. The molecule has 0 spiro atoms. The second kappa shape index (κ2) is 10.8. The number of aromatic amines is 1. The van der Waals surface area contributed by atoms with Crippen molar-refractivity contribution in [1.82, 2.24) is 10.3 Å². The zero-order valence-electron chi connectivity index (χ0n) is 21.1. The highest BCUT2D eigenvalue weighted by molar-refractivity contribution is 6.01. The topological polar surface area (TPSA) is 115 Å². The van der Waals surface area contributed by atoms with Gasteiger partial charge in [-0.2, -0.15) is 5.26 Å². The van der Waals surface area contributed by atoms with E-state index in [9.17, 15) is 32.0 Å². The van der Waals surface area contributed by atoms with Gasteiger partial charge >= 0.3 is 5.97 Å². The third-order valence-electron chi connectivity index (χ3n) is 7.97. The number of carbonyl (C=O) groups is 1. The van der Waals surface area contributed by atoms with Crippen LogP contribution in [-0.4, -0.2) is 22.2 Å². The zero-order chi connectivity index (χ0) is 28.7. The Bertz CT molecular complexity index is 1600. The molecule has 2 atom stereocenters. The van der Waals surface area contributed by atoms with Crippen LogP contribution in [0.25, 0.3) is 22.2 Å². The number of carboxylic acids is 1. The number of halogens is 5. The van der Waals surface area contributed by atoms with Gasteiger partial charge in [0.2, 0.25) is 0 Å². The van der Waals surface area contributed by atoms with E-state index in [4.69, 9.17) is 10.8 Å². The van der Waals surface area contributed by atoms with Crippen molar-refractivity contribution in [2.75, 3.05) is 0 Å². The van der Waals surface area contributed by atoms with Gasteiger partial charge in [-0.05, 0) is 54.9 Å². The van der Waals surface area contributed by atoms with Gasteiger partial charge in [0.15, 0.2) is 11.6 Å². The number of aliphatic carboxylic acids is 1. The molecular formula is C29H25F5N4O2. The van der Waals surface area contributed by atoms with Gasteiger partial charge in [-0.1, -0.05) is 18.9 Å². The van der Waals surface area contributed by atoms with Crippen LogP contribution in [0, 0.1) is 52.4 Å². The van der Waals surface area contributed by atoms with Crippen molar-refractivity contribution < 1.29 is 31.9 Å². The standard InChI is InChI=1S/C20H11F5N4.C9H14O2/c21-9-4-10-12(7-28-19(10)15(24)5-9)18-11(6-26)16(17(25)20(27)29-18)8-1-2-13(22)14(23)3-8;10-9(11)8-5-6-1-3-7(8)4-2-6/h1-5,7,20,28-29H,27H2;6-8H,1-5H2,(H,10,11). The van der Waals surface area contributed by atoms with Crippen LogP contribution in [-0.2, 0) is 4.79 Å². The van der Waals surface area contributed by atoms with Crippen molar-refractivity contribution in [2.24, 2.45) is 23.5 Å². The molecule has 0 saturated heterocycles. The van der Waals surface area contributed by atoms with Gasteiger partial charge in [0, 0.05) is 28.8 Å². The molecule has 2 heterocycles. The normalized spacial score (nSPS) is 23.9. The first-order valence-corrected chi connectivity index (χ1v) is 12.8. The molecule has 2 aromatic carbocycles. The van der Waals surface area contributed by atoms with Crippen molar-refractivity contribution in [3.8, 4) is 6.07 Å². The van der Waals surface area contributed by atoms with Crippen molar-refractivity contribution in [2.45, 2.75) is 38.3 Å². The van der Waals surface area contributed by atoms with Gasteiger partial charge in [-0.3, -0.25) is 4.79 Å². The summed E-state index contributed by atoms with van der Waals surface area (Å²) in [4.78, 5) is 13.4. The number of nitrogens with one attached hydrogen (secondary N) is 2. The average Bonchev–Trinajstić information content (AvgIpc) is 3.36. The van der Waals surface area contributed by atoms with Gasteiger partial charge < -0.3 is 21.1 Å². The highest BCUT2D eigenvalue weighted by atomic mass is 19.2. The van der Waals surface area contributed by atoms with Crippen LogP contribution < -0.4 is 11.1 Å². The predicted octanol–water partition coefficient (Wildman–Crippen LogP) is 6.13. The van der Waals surface area contributed by atoms with E-state index < -0.39 is 41.2 Å². The van der Waals surface area contributed by atoms with E-state index in [1.165, 1.54) is 31.9 Å². The van der Waals surface area contributed by atoms with Crippen LogP contribution in [0.1, 0.15) is 43.2 Å². The van der Waals surface area contributed by atoms with Crippen LogP contribution in [0.4, 0.5) is 22.0 Å². The largest absolute Gasteiger partial charge is 0.481 e. The van der Waals surface area contributed by atoms with E-state index in [0.717, 1.165) is 36.6 Å². The first-order valence-electron chi connectivity index (χ1n) is 12.8. The Morgan fingerprint density at radius 1 is 1.00 bits per heavy atom. The molecule has 1 aromatic heterocycles. The molecule has 40 heavy (non-hydrogen) atoms. The number of rotatable bonds is 3. The predicted molar refractivity (Wildman–Crippen MR) is 137 cm³/mol. The van der Waals surface area contributed by atoms with E-state index in [0.29, 0.717) is 12.0 Å². The summed E-state index contributed by atoms with van der Waals surface area (Å²) >= 11 is 0. The first kappa shape index (κ1) is 27.4. The lowest BCUT2D eigenvalue weighted by atomic mass is 9.65. The maximum Gasteiger partial charge on any atom is 0.306 e. The number of benzene rings is 2. The lowest BCUT2D eigenvalue weighted by molar-refractivity contribution is -0.147. The fraction of sp³-hybridized carbons (Fsp3) is 0.310. The van der Waals surface area contributed by atoms with E-state index in [2.05, 4.69) is 10.3 Å². The first-order chi connectivity index (χ1) is 19.1. The molecule has 208 valence electrons. The van der Waals surface area contributed by atoms with Crippen LogP contribution in [0.5, 0.6) is 0 Å². The van der Waals surface area contributed by atoms with E-state index in [-0.39, 0.29) is 44.8 Å². The summed E-state index contributed by atoms with van der Waals surface area (Å²) in [6.07, 6.45) is 5.76. The number of fused-ring (bicyclic) bond motifs is 4. The number of nitriles is 1. The summed E-state index contributed by atoms with van der Waals surface area (Å²) in [6.45, 7) is 0. The molecule has 5 N–H and O–H groups in total. The molecule has 1 aliphatic heterocycles. The average molecular weight is 557 g/mol. The van der Waals surface area contributed by atoms with Crippen molar-refractivity contribution in [3.63, 3.8) is 0 Å². The second-order valence-corrected chi connectivity index (χ2v) is 10.3. The Kier molecular flexibility index (Phi) is 7.38. The van der Waals surface area contributed by atoms with Crippen LogP contribution >= 0.6 is 0 Å². The van der Waals surface area contributed by atoms with Gasteiger partial charge in [0.25, 0.3) is 0 Å². The van der Waals surface area contributed by atoms with Gasteiger partial charge in [0.1, 0.15) is 29.7 Å². The number of allylic oxidation sites excluding steroid dienone is 2. The molecule has 4 aliphatic rings. The maximum atomic E-state index is 14.8. The number of H-pyrrole nitrogens is 1. The minimum absolute atomic E-state index is 0.00231. The molecule has 2 unspecified atom stereocenters. The summed E-state index contributed by atoms with van der Waals surface area (Å²) in [5, 5.41) is 21.2. The van der Waals surface area contributed by atoms with Crippen LogP contribution in [0.3, 0.4) is 0 Å². The van der Waals surface area contributed by atoms with Gasteiger partial charge in [-0.15, -0.1) is 0 Å². The van der Waals surface area contributed by atoms with Crippen LogP contribution in [0.15, 0.2) is 47.9 Å². The van der Waals surface area contributed by atoms with Gasteiger partial charge in [0.05, 0.1) is 22.7 Å². The zero-order valence-corrected chi connectivity index (χ0v) is 21.1. The molecule has 0 radical (unpaired) electrons. The molecule has 3 fully saturated rings. The maximum absolute atomic E-state index is 14.8. The number of carboxylic acid groups (broad SMARTS) is 1. The molecular weight excluding hydrogens is 531 g/mol.